The standard InChI is InChI=1S/C20H33N.2ClH.2H2O.Ti/c1-15(19(3,4)5)13-17(14-16(2)20(6,7)8)18-11-9-10-12-21-18;;;;;/h9-12,17H,13-14H2,1-8H3;2*1H;2*1H2;/q-2;;;;;+4/p-2. The Morgan fingerprint density at radius 2 is 1.23 bits per heavy atom. The van der Waals surface area contributed by atoms with Crippen molar-refractivity contribution in [3.63, 3.8) is 0 Å². The van der Waals surface area contributed by atoms with Crippen molar-refractivity contribution < 1.29 is 57.5 Å². The van der Waals surface area contributed by atoms with Crippen LogP contribution in [-0.2, 0) is 21.7 Å². The molecule has 0 aromatic carbocycles. The Balaban J connectivity index is -0.000000294. The van der Waals surface area contributed by atoms with Crippen LogP contribution in [0.5, 0.6) is 0 Å². The average molecular weight is 442 g/mol. The Labute approximate surface area is 188 Å². The summed E-state index contributed by atoms with van der Waals surface area (Å²) in [5.41, 5.74) is 1.76. The van der Waals surface area contributed by atoms with Crippen molar-refractivity contribution in [1.29, 1.82) is 0 Å². The minimum atomic E-state index is 0. The molecule has 6 heteroatoms. The van der Waals surface area contributed by atoms with Gasteiger partial charge < -0.3 is 47.6 Å². The Hall–Kier alpha value is 0.364. The first kappa shape index (κ1) is 37.2. The van der Waals surface area contributed by atoms with E-state index < -0.39 is 0 Å². The number of halogens is 2. The van der Waals surface area contributed by atoms with Crippen LogP contribution >= 0.6 is 0 Å². The van der Waals surface area contributed by atoms with Crippen molar-refractivity contribution in [1.82, 2.24) is 4.98 Å². The van der Waals surface area contributed by atoms with Crippen LogP contribution < -0.4 is 24.8 Å². The Morgan fingerprint density at radius 1 is 0.846 bits per heavy atom. The van der Waals surface area contributed by atoms with Gasteiger partial charge in [-0.25, -0.2) is 0 Å². The van der Waals surface area contributed by atoms with E-state index in [-0.39, 0.29) is 68.3 Å². The molecule has 152 valence electrons. The maximum atomic E-state index is 4.62. The largest absolute Gasteiger partial charge is 4.00 e. The van der Waals surface area contributed by atoms with Gasteiger partial charge in [-0.05, 0) is 12.1 Å². The second-order valence-corrected chi connectivity index (χ2v) is 8.42. The van der Waals surface area contributed by atoms with E-state index in [0.717, 1.165) is 12.8 Å². The van der Waals surface area contributed by atoms with E-state index in [4.69, 9.17) is 0 Å². The van der Waals surface area contributed by atoms with Gasteiger partial charge in [0.05, 0.1) is 0 Å². The molecule has 0 atom stereocenters. The fourth-order valence-electron chi connectivity index (χ4n) is 2.25. The van der Waals surface area contributed by atoms with E-state index in [1.807, 2.05) is 12.3 Å². The summed E-state index contributed by atoms with van der Waals surface area (Å²) < 4.78 is 0. The molecule has 0 bridgehead atoms. The third-order valence-corrected chi connectivity index (χ3v) is 4.77. The van der Waals surface area contributed by atoms with Crippen LogP contribution in [0.15, 0.2) is 24.4 Å². The van der Waals surface area contributed by atoms with Crippen molar-refractivity contribution in [2.75, 3.05) is 0 Å². The quantitative estimate of drug-likeness (QED) is 0.408. The zero-order valence-electron chi connectivity index (χ0n) is 17.5. The van der Waals surface area contributed by atoms with Gasteiger partial charge in [-0.1, -0.05) is 53.5 Å². The second kappa shape index (κ2) is 15.3. The Morgan fingerprint density at radius 3 is 1.50 bits per heavy atom. The summed E-state index contributed by atoms with van der Waals surface area (Å²) in [4.78, 5) is 4.62. The first-order valence-electron chi connectivity index (χ1n) is 8.08. The summed E-state index contributed by atoms with van der Waals surface area (Å²) in [5.74, 6) is 3.60. The summed E-state index contributed by atoms with van der Waals surface area (Å²) in [5, 5.41) is 0. The van der Waals surface area contributed by atoms with Crippen molar-refractivity contribution in [2.45, 2.75) is 74.1 Å². The van der Waals surface area contributed by atoms with E-state index >= 15 is 0 Å². The predicted octanol–water partition coefficient (Wildman–Crippen LogP) is -1.42. The maximum Gasteiger partial charge on any atom is 4.00 e. The minimum absolute atomic E-state index is 0. The first-order chi connectivity index (χ1) is 9.51. The van der Waals surface area contributed by atoms with Gasteiger partial charge in [-0.15, -0.1) is 0 Å². The van der Waals surface area contributed by atoms with Crippen LogP contribution in [0.25, 0.3) is 0 Å². The third-order valence-electron chi connectivity index (χ3n) is 4.77. The Bertz CT molecular complexity index is 412. The molecule has 4 N–H and O–H groups in total. The number of aromatic nitrogens is 1. The van der Waals surface area contributed by atoms with Gasteiger partial charge in [-0.3, -0.25) is 4.98 Å². The molecule has 0 saturated heterocycles. The van der Waals surface area contributed by atoms with Gasteiger partial charge in [0.15, 0.2) is 0 Å². The second-order valence-electron chi connectivity index (χ2n) is 8.42. The molecule has 1 aromatic heterocycles. The fraction of sp³-hybridized carbons (Fsp3) is 0.650. The van der Waals surface area contributed by atoms with Crippen LogP contribution in [-0.4, -0.2) is 15.9 Å². The predicted molar refractivity (Wildman–Crippen MR) is 100 cm³/mol. The molecule has 26 heavy (non-hydrogen) atoms. The van der Waals surface area contributed by atoms with Gasteiger partial charge in [0.2, 0.25) is 0 Å². The van der Waals surface area contributed by atoms with Gasteiger partial charge in [0.25, 0.3) is 0 Å². The monoisotopic (exact) mass is 441 g/mol. The molecule has 3 nitrogen and oxygen atoms in total. The topological polar surface area (TPSA) is 75.9 Å². The van der Waals surface area contributed by atoms with Crippen LogP contribution in [0.1, 0.15) is 79.8 Å². The normalized spacial score (nSPS) is 10.9. The van der Waals surface area contributed by atoms with Crippen molar-refractivity contribution in [2.24, 2.45) is 10.8 Å². The van der Waals surface area contributed by atoms with E-state index in [0.29, 0.717) is 5.92 Å². The molecule has 0 fully saturated rings. The van der Waals surface area contributed by atoms with Crippen LogP contribution in [0, 0.1) is 22.7 Å². The molecule has 0 saturated carbocycles. The zero-order valence-corrected chi connectivity index (χ0v) is 20.6. The number of pyridine rings is 1. The molecular formula is C20H37Cl2NO2Ti. The third kappa shape index (κ3) is 12.7. The summed E-state index contributed by atoms with van der Waals surface area (Å²) in [7, 11) is 0. The van der Waals surface area contributed by atoms with Crippen LogP contribution in [0.2, 0.25) is 0 Å². The molecule has 1 heterocycles. The summed E-state index contributed by atoms with van der Waals surface area (Å²) in [6.45, 7) is 18.4. The SMILES string of the molecule is C[C-](CC(C[C-](C)C(C)(C)C)c1ccccn1)C(C)(C)C.O.O.[Cl-].[Cl-].[Ti+4]. The Kier molecular flexibility index (Phi) is 21.9. The van der Waals surface area contributed by atoms with E-state index in [1.165, 1.54) is 5.69 Å². The number of nitrogens with zero attached hydrogens (tertiary/aromatic N) is 1. The van der Waals surface area contributed by atoms with E-state index in [1.54, 1.807) is 11.8 Å². The molecule has 0 amide bonds. The smallest absolute Gasteiger partial charge is 1.00 e. The van der Waals surface area contributed by atoms with Gasteiger partial charge in [-0.2, -0.15) is 37.5 Å². The molecule has 0 aliphatic heterocycles. The number of hydrogen-bond acceptors (Lipinski definition) is 1. The van der Waals surface area contributed by atoms with Crippen LogP contribution in [0.4, 0.5) is 0 Å². The number of hydrogen-bond donors (Lipinski definition) is 0. The van der Waals surface area contributed by atoms with Gasteiger partial charge in [0, 0.05) is 11.9 Å². The molecular weight excluding hydrogens is 405 g/mol. The molecule has 0 spiro atoms. The van der Waals surface area contributed by atoms with E-state index in [2.05, 4.69) is 72.5 Å². The molecule has 0 aliphatic carbocycles. The average Bonchev–Trinajstić information content (AvgIpc) is 2.36. The first-order valence-corrected chi connectivity index (χ1v) is 8.08. The number of rotatable bonds is 5. The van der Waals surface area contributed by atoms with E-state index in [9.17, 15) is 0 Å². The summed E-state index contributed by atoms with van der Waals surface area (Å²) in [6, 6.07) is 6.28. The minimum Gasteiger partial charge on any atom is -1.00 e. The van der Waals surface area contributed by atoms with Crippen molar-refractivity contribution >= 4 is 0 Å². The zero-order chi connectivity index (χ0) is 16.3. The molecule has 1 aromatic rings. The van der Waals surface area contributed by atoms with Gasteiger partial charge >= 0.3 is 21.7 Å². The fourth-order valence-corrected chi connectivity index (χ4v) is 2.25. The molecule has 1 rings (SSSR count). The summed E-state index contributed by atoms with van der Waals surface area (Å²) in [6.07, 6.45) is 4.16. The van der Waals surface area contributed by atoms with Gasteiger partial charge in [0.1, 0.15) is 0 Å². The molecule has 0 radical (unpaired) electrons. The molecule has 0 aliphatic rings. The summed E-state index contributed by atoms with van der Waals surface area (Å²) >= 11 is 0. The van der Waals surface area contributed by atoms with Crippen molar-refractivity contribution in [3.8, 4) is 0 Å². The molecule has 0 unspecified atom stereocenters. The maximum absolute atomic E-state index is 4.62. The van der Waals surface area contributed by atoms with Crippen LogP contribution in [0.3, 0.4) is 0 Å². The van der Waals surface area contributed by atoms with Crippen molar-refractivity contribution in [3.05, 3.63) is 41.9 Å².